The van der Waals surface area contributed by atoms with Crippen LogP contribution in [0.25, 0.3) is 16.9 Å². The highest BCUT2D eigenvalue weighted by atomic mass is 79.9. The largest absolute Gasteiger partial charge is 0.296 e. The van der Waals surface area contributed by atoms with Gasteiger partial charge in [0.1, 0.15) is 17.0 Å². The summed E-state index contributed by atoms with van der Waals surface area (Å²) in [5, 5.41) is 0. The van der Waals surface area contributed by atoms with E-state index in [1.807, 2.05) is 83.4 Å². The van der Waals surface area contributed by atoms with Gasteiger partial charge in [-0.25, -0.2) is 4.98 Å². The molecule has 0 aliphatic heterocycles. The summed E-state index contributed by atoms with van der Waals surface area (Å²) in [7, 11) is 0. The number of halogens is 1. The van der Waals surface area contributed by atoms with Crippen LogP contribution >= 0.6 is 15.9 Å². The van der Waals surface area contributed by atoms with Crippen LogP contribution in [0.1, 0.15) is 16.1 Å². The Labute approximate surface area is 147 Å². The molecule has 4 heteroatoms. The second kappa shape index (κ2) is 6.06. The lowest BCUT2D eigenvalue weighted by atomic mass is 10.0. The molecule has 4 aromatic rings. The Hall–Kier alpha value is -2.72. The molecule has 24 heavy (non-hydrogen) atoms. The summed E-state index contributed by atoms with van der Waals surface area (Å²) >= 11 is 3.41. The molecule has 0 unspecified atom stereocenters. The second-order valence-corrected chi connectivity index (χ2v) is 6.36. The first-order valence-corrected chi connectivity index (χ1v) is 8.36. The van der Waals surface area contributed by atoms with E-state index >= 15 is 0 Å². The van der Waals surface area contributed by atoms with Crippen molar-refractivity contribution in [3.63, 3.8) is 0 Å². The fourth-order valence-electron chi connectivity index (χ4n) is 2.75. The summed E-state index contributed by atoms with van der Waals surface area (Å²) < 4.78 is 2.80. The molecule has 0 atom stereocenters. The van der Waals surface area contributed by atoms with Crippen LogP contribution in [0.3, 0.4) is 0 Å². The van der Waals surface area contributed by atoms with Crippen molar-refractivity contribution in [2.24, 2.45) is 0 Å². The number of hydrogen-bond acceptors (Lipinski definition) is 2. The minimum atomic E-state index is -0.0416. The van der Waals surface area contributed by atoms with Gasteiger partial charge in [0.15, 0.2) is 0 Å². The summed E-state index contributed by atoms with van der Waals surface area (Å²) in [5.41, 5.74) is 3.62. The van der Waals surface area contributed by atoms with Crippen molar-refractivity contribution in [1.29, 1.82) is 0 Å². The molecule has 0 bridgehead atoms. The molecule has 0 aliphatic rings. The number of benzene rings is 2. The number of carbonyl (C=O) groups excluding carboxylic acids is 1. The molecule has 3 nitrogen and oxygen atoms in total. The number of rotatable bonds is 3. The van der Waals surface area contributed by atoms with Crippen molar-refractivity contribution in [3.05, 3.63) is 94.7 Å². The third kappa shape index (κ3) is 2.55. The lowest BCUT2D eigenvalue weighted by Crippen LogP contribution is -2.06. The quantitative estimate of drug-likeness (QED) is 0.471. The van der Waals surface area contributed by atoms with E-state index in [-0.39, 0.29) is 5.78 Å². The van der Waals surface area contributed by atoms with E-state index < -0.39 is 0 Å². The molecule has 0 saturated heterocycles. The van der Waals surface area contributed by atoms with Crippen LogP contribution in [0.2, 0.25) is 0 Å². The number of carbonyl (C=O) groups is 1. The zero-order valence-electron chi connectivity index (χ0n) is 12.7. The maximum absolute atomic E-state index is 13.2. The molecular weight excluding hydrogens is 364 g/mol. The number of imidazole rings is 1. The number of nitrogens with zero attached hydrogens (tertiary/aromatic N) is 2. The standard InChI is InChI=1S/C20H13BrN2O/c21-16-11-9-15(10-12-16)20(24)19-18(14-6-2-1-3-7-14)22-17-8-4-5-13-23(17)19/h1-13H. The van der Waals surface area contributed by atoms with Gasteiger partial charge in [-0.3, -0.25) is 9.20 Å². The Morgan fingerprint density at radius 1 is 0.875 bits per heavy atom. The van der Waals surface area contributed by atoms with Gasteiger partial charge in [0.25, 0.3) is 0 Å². The number of aromatic nitrogens is 2. The number of hydrogen-bond donors (Lipinski definition) is 0. The average Bonchev–Trinajstić information content (AvgIpc) is 3.02. The van der Waals surface area contributed by atoms with Gasteiger partial charge in [-0.2, -0.15) is 0 Å². The first kappa shape index (κ1) is 14.8. The van der Waals surface area contributed by atoms with Gasteiger partial charge in [0.2, 0.25) is 5.78 Å². The Morgan fingerprint density at radius 3 is 2.33 bits per heavy atom. The van der Waals surface area contributed by atoms with E-state index in [1.54, 1.807) is 0 Å². The van der Waals surface area contributed by atoms with Crippen molar-refractivity contribution < 1.29 is 4.79 Å². The topological polar surface area (TPSA) is 34.4 Å². The first-order chi connectivity index (χ1) is 11.7. The summed E-state index contributed by atoms with van der Waals surface area (Å²) in [6.07, 6.45) is 1.88. The van der Waals surface area contributed by atoms with Crippen molar-refractivity contribution in [2.75, 3.05) is 0 Å². The van der Waals surface area contributed by atoms with Gasteiger partial charge in [-0.05, 0) is 36.4 Å². The molecule has 0 saturated carbocycles. The smallest absolute Gasteiger partial charge is 0.212 e. The highest BCUT2D eigenvalue weighted by Gasteiger charge is 2.21. The van der Waals surface area contributed by atoms with Crippen molar-refractivity contribution in [1.82, 2.24) is 9.38 Å². The van der Waals surface area contributed by atoms with Crippen LogP contribution in [0, 0.1) is 0 Å². The van der Waals surface area contributed by atoms with Crippen LogP contribution < -0.4 is 0 Å². The summed E-state index contributed by atoms with van der Waals surface area (Å²) in [5.74, 6) is -0.0416. The number of fused-ring (bicyclic) bond motifs is 1. The lowest BCUT2D eigenvalue weighted by Gasteiger charge is -2.05. The van der Waals surface area contributed by atoms with Crippen LogP contribution in [0.15, 0.2) is 83.5 Å². The monoisotopic (exact) mass is 376 g/mol. The van der Waals surface area contributed by atoms with Crippen LogP contribution in [-0.4, -0.2) is 15.2 Å². The van der Waals surface area contributed by atoms with Crippen molar-refractivity contribution >= 4 is 27.4 Å². The fourth-order valence-corrected chi connectivity index (χ4v) is 3.01. The highest BCUT2D eigenvalue weighted by molar-refractivity contribution is 9.10. The third-order valence-electron chi connectivity index (χ3n) is 3.90. The average molecular weight is 377 g/mol. The maximum atomic E-state index is 13.2. The Balaban J connectivity index is 1.96. The molecule has 0 amide bonds. The molecule has 116 valence electrons. The molecule has 2 heterocycles. The molecule has 0 aliphatic carbocycles. The zero-order chi connectivity index (χ0) is 16.5. The summed E-state index contributed by atoms with van der Waals surface area (Å²) in [6, 6.07) is 22.9. The van der Waals surface area contributed by atoms with Crippen molar-refractivity contribution in [2.45, 2.75) is 0 Å². The molecular formula is C20H13BrN2O. The maximum Gasteiger partial charge on any atom is 0.212 e. The van der Waals surface area contributed by atoms with Gasteiger partial charge in [0, 0.05) is 21.8 Å². The zero-order valence-corrected chi connectivity index (χ0v) is 14.3. The number of pyridine rings is 1. The van der Waals surface area contributed by atoms with Crippen LogP contribution in [0.4, 0.5) is 0 Å². The molecule has 2 aromatic heterocycles. The van der Waals surface area contributed by atoms with Gasteiger partial charge in [0.05, 0.1) is 0 Å². The van der Waals surface area contributed by atoms with Gasteiger partial charge in [-0.1, -0.05) is 52.3 Å². The summed E-state index contributed by atoms with van der Waals surface area (Å²) in [6.45, 7) is 0. The predicted octanol–water partition coefficient (Wildman–Crippen LogP) is 4.99. The summed E-state index contributed by atoms with van der Waals surface area (Å²) in [4.78, 5) is 17.8. The highest BCUT2D eigenvalue weighted by Crippen LogP contribution is 2.26. The Kier molecular flexibility index (Phi) is 3.75. The molecule has 4 rings (SSSR count). The van der Waals surface area contributed by atoms with E-state index in [4.69, 9.17) is 0 Å². The van der Waals surface area contributed by atoms with E-state index in [9.17, 15) is 4.79 Å². The van der Waals surface area contributed by atoms with E-state index in [0.29, 0.717) is 17.0 Å². The normalized spacial score (nSPS) is 10.9. The van der Waals surface area contributed by atoms with E-state index in [2.05, 4.69) is 20.9 Å². The predicted molar refractivity (Wildman–Crippen MR) is 98.2 cm³/mol. The van der Waals surface area contributed by atoms with Crippen molar-refractivity contribution in [3.8, 4) is 11.3 Å². The second-order valence-electron chi connectivity index (χ2n) is 5.44. The molecule has 0 fully saturated rings. The van der Waals surface area contributed by atoms with Gasteiger partial charge < -0.3 is 0 Å². The van der Waals surface area contributed by atoms with Crippen LogP contribution in [-0.2, 0) is 0 Å². The van der Waals surface area contributed by atoms with Crippen LogP contribution in [0.5, 0.6) is 0 Å². The minimum absolute atomic E-state index is 0.0416. The molecule has 0 radical (unpaired) electrons. The third-order valence-corrected chi connectivity index (χ3v) is 4.43. The Bertz CT molecular complexity index is 1020. The lowest BCUT2D eigenvalue weighted by molar-refractivity contribution is 0.103. The molecule has 2 aromatic carbocycles. The molecule has 0 N–H and O–H groups in total. The first-order valence-electron chi connectivity index (χ1n) is 7.57. The van der Waals surface area contributed by atoms with Gasteiger partial charge in [-0.15, -0.1) is 0 Å². The fraction of sp³-hybridized carbons (Fsp3) is 0. The SMILES string of the molecule is O=C(c1ccc(Br)cc1)c1c(-c2ccccc2)nc2ccccn12. The molecule has 0 spiro atoms. The van der Waals surface area contributed by atoms with E-state index in [1.165, 1.54) is 0 Å². The Morgan fingerprint density at radius 2 is 1.58 bits per heavy atom. The minimum Gasteiger partial charge on any atom is -0.296 e. The number of ketones is 1. The van der Waals surface area contributed by atoms with Gasteiger partial charge >= 0.3 is 0 Å². The van der Waals surface area contributed by atoms with E-state index in [0.717, 1.165) is 15.7 Å².